The molecule has 1 amide bonds. The number of hydrogen-bond donors (Lipinski definition) is 1. The molecule has 0 fully saturated rings. The van der Waals surface area contributed by atoms with E-state index >= 15 is 0 Å². The molecule has 1 aliphatic heterocycles. The van der Waals surface area contributed by atoms with E-state index in [4.69, 9.17) is 0 Å². The van der Waals surface area contributed by atoms with Gasteiger partial charge in [-0.3, -0.25) is 9.10 Å². The minimum Gasteiger partial charge on any atom is -0.317 e. The highest BCUT2D eigenvalue weighted by Gasteiger charge is 2.28. The van der Waals surface area contributed by atoms with E-state index in [0.29, 0.717) is 24.2 Å². The lowest BCUT2D eigenvalue weighted by Gasteiger charge is -2.18. The molecule has 25 heavy (non-hydrogen) atoms. The SMILES string of the molecule is CCS(=O)(=O)N1CCc2cc(C(=O)Nc3c(F)cccc3F)ccc21. The molecular formula is C17H16F2N2O3S. The molecule has 0 saturated heterocycles. The fraction of sp³-hybridized carbons (Fsp3) is 0.235. The van der Waals surface area contributed by atoms with Gasteiger partial charge in [0, 0.05) is 12.1 Å². The Hall–Kier alpha value is -2.48. The van der Waals surface area contributed by atoms with Crippen LogP contribution in [-0.4, -0.2) is 26.6 Å². The lowest BCUT2D eigenvalue weighted by Crippen LogP contribution is -2.30. The van der Waals surface area contributed by atoms with Crippen molar-refractivity contribution in [3.63, 3.8) is 0 Å². The maximum Gasteiger partial charge on any atom is 0.255 e. The summed E-state index contributed by atoms with van der Waals surface area (Å²) in [5.74, 6) is -2.41. The molecule has 5 nitrogen and oxygen atoms in total. The zero-order valence-corrected chi connectivity index (χ0v) is 14.2. The van der Waals surface area contributed by atoms with Gasteiger partial charge in [0.15, 0.2) is 0 Å². The molecule has 1 N–H and O–H groups in total. The lowest BCUT2D eigenvalue weighted by atomic mass is 10.1. The van der Waals surface area contributed by atoms with Gasteiger partial charge in [-0.25, -0.2) is 17.2 Å². The number of rotatable bonds is 4. The molecule has 0 radical (unpaired) electrons. The van der Waals surface area contributed by atoms with Crippen LogP contribution >= 0.6 is 0 Å². The van der Waals surface area contributed by atoms with E-state index in [9.17, 15) is 22.0 Å². The normalized spacial score (nSPS) is 13.6. The van der Waals surface area contributed by atoms with Crippen molar-refractivity contribution in [3.05, 3.63) is 59.2 Å². The van der Waals surface area contributed by atoms with E-state index in [1.54, 1.807) is 19.1 Å². The second-order valence-corrected chi connectivity index (χ2v) is 7.80. The van der Waals surface area contributed by atoms with Gasteiger partial charge in [-0.1, -0.05) is 6.07 Å². The van der Waals surface area contributed by atoms with Gasteiger partial charge in [0.25, 0.3) is 5.91 Å². The van der Waals surface area contributed by atoms with Gasteiger partial charge >= 0.3 is 0 Å². The standard InChI is InChI=1S/C17H16F2N2O3S/c1-2-25(23,24)21-9-8-11-10-12(6-7-15(11)21)17(22)20-16-13(18)4-3-5-14(16)19/h3-7,10H,2,8-9H2,1H3,(H,20,22). The number of amides is 1. The molecule has 0 unspecified atom stereocenters. The number of benzene rings is 2. The zero-order valence-electron chi connectivity index (χ0n) is 13.4. The largest absolute Gasteiger partial charge is 0.317 e. The van der Waals surface area contributed by atoms with E-state index in [0.717, 1.165) is 12.1 Å². The van der Waals surface area contributed by atoms with Gasteiger partial charge in [0.1, 0.15) is 17.3 Å². The van der Waals surface area contributed by atoms with Crippen LogP contribution in [0.1, 0.15) is 22.8 Å². The van der Waals surface area contributed by atoms with Gasteiger partial charge < -0.3 is 5.32 Å². The van der Waals surface area contributed by atoms with Gasteiger partial charge in [-0.15, -0.1) is 0 Å². The summed E-state index contributed by atoms with van der Waals surface area (Å²) in [7, 11) is -3.37. The molecular weight excluding hydrogens is 350 g/mol. The molecule has 1 aliphatic rings. The summed E-state index contributed by atoms with van der Waals surface area (Å²) in [4.78, 5) is 12.3. The number of hydrogen-bond acceptors (Lipinski definition) is 3. The maximum absolute atomic E-state index is 13.6. The molecule has 2 aromatic rings. The number of fused-ring (bicyclic) bond motifs is 1. The Balaban J connectivity index is 1.87. The smallest absolute Gasteiger partial charge is 0.255 e. The zero-order chi connectivity index (χ0) is 18.2. The van der Waals surface area contributed by atoms with Crippen molar-refractivity contribution < 1.29 is 22.0 Å². The van der Waals surface area contributed by atoms with Crippen molar-refractivity contribution in [3.8, 4) is 0 Å². The van der Waals surface area contributed by atoms with Gasteiger partial charge in [0.05, 0.1) is 11.4 Å². The Labute approximate surface area is 144 Å². The van der Waals surface area contributed by atoms with E-state index in [2.05, 4.69) is 5.32 Å². The molecule has 0 atom stereocenters. The van der Waals surface area contributed by atoms with Gasteiger partial charge in [-0.2, -0.15) is 0 Å². The van der Waals surface area contributed by atoms with Crippen molar-refractivity contribution >= 4 is 27.3 Å². The van der Waals surface area contributed by atoms with E-state index in [1.807, 2.05) is 0 Å². The summed E-state index contributed by atoms with van der Waals surface area (Å²) in [5.41, 5.74) is 0.939. The maximum atomic E-state index is 13.6. The van der Waals surface area contributed by atoms with Crippen molar-refractivity contribution in [1.29, 1.82) is 0 Å². The van der Waals surface area contributed by atoms with Crippen LogP contribution in [0.5, 0.6) is 0 Å². The van der Waals surface area contributed by atoms with E-state index in [-0.39, 0.29) is 11.3 Å². The van der Waals surface area contributed by atoms with Crippen LogP contribution in [0.3, 0.4) is 0 Å². The molecule has 0 aromatic heterocycles. The average molecular weight is 366 g/mol. The molecule has 0 bridgehead atoms. The first-order valence-corrected chi connectivity index (χ1v) is 9.33. The van der Waals surface area contributed by atoms with Crippen LogP contribution in [0, 0.1) is 11.6 Å². The third kappa shape index (κ3) is 3.21. The summed E-state index contributed by atoms with van der Waals surface area (Å²) in [6, 6.07) is 7.84. The van der Waals surface area contributed by atoms with Crippen LogP contribution in [0.25, 0.3) is 0 Å². The highest BCUT2D eigenvalue weighted by molar-refractivity contribution is 7.92. The average Bonchev–Trinajstić information content (AvgIpc) is 3.02. The summed E-state index contributed by atoms with van der Waals surface area (Å²) in [6.45, 7) is 1.89. The topological polar surface area (TPSA) is 66.5 Å². The van der Waals surface area contributed by atoms with Crippen LogP contribution in [-0.2, 0) is 16.4 Å². The summed E-state index contributed by atoms with van der Waals surface area (Å²) in [5, 5.41) is 2.22. The second-order valence-electron chi connectivity index (χ2n) is 5.62. The quantitative estimate of drug-likeness (QED) is 0.905. The Morgan fingerprint density at radius 3 is 2.52 bits per heavy atom. The minimum absolute atomic E-state index is 0.0127. The molecule has 0 spiro atoms. The fourth-order valence-electron chi connectivity index (χ4n) is 2.76. The van der Waals surface area contributed by atoms with Crippen LogP contribution in [0.2, 0.25) is 0 Å². The predicted molar refractivity (Wildman–Crippen MR) is 91.3 cm³/mol. The first-order valence-electron chi connectivity index (χ1n) is 7.72. The second kappa shape index (κ2) is 6.44. The van der Waals surface area contributed by atoms with Crippen molar-refractivity contribution in [1.82, 2.24) is 0 Å². The molecule has 132 valence electrons. The Kier molecular flexibility index (Phi) is 4.47. The van der Waals surface area contributed by atoms with Crippen molar-refractivity contribution in [2.24, 2.45) is 0 Å². The Morgan fingerprint density at radius 1 is 1.20 bits per heavy atom. The molecule has 8 heteroatoms. The highest BCUT2D eigenvalue weighted by atomic mass is 32.2. The number of anilines is 2. The monoisotopic (exact) mass is 366 g/mol. The van der Waals surface area contributed by atoms with E-state index < -0.39 is 33.3 Å². The van der Waals surface area contributed by atoms with Gasteiger partial charge in [0.2, 0.25) is 10.0 Å². The molecule has 2 aromatic carbocycles. The van der Waals surface area contributed by atoms with Crippen LogP contribution in [0.4, 0.5) is 20.2 Å². The lowest BCUT2D eigenvalue weighted by molar-refractivity contribution is 0.102. The first kappa shape index (κ1) is 17.3. The van der Waals surface area contributed by atoms with Crippen LogP contribution in [0.15, 0.2) is 36.4 Å². The Bertz CT molecular complexity index is 925. The third-order valence-electron chi connectivity index (χ3n) is 4.10. The number of nitrogens with zero attached hydrogens (tertiary/aromatic N) is 1. The number of halogens is 2. The summed E-state index contributed by atoms with van der Waals surface area (Å²) in [6.07, 6.45) is 0.476. The molecule has 0 saturated carbocycles. The summed E-state index contributed by atoms with van der Waals surface area (Å²) < 4.78 is 52.7. The first-order chi connectivity index (χ1) is 11.8. The van der Waals surface area contributed by atoms with Crippen molar-refractivity contribution in [2.45, 2.75) is 13.3 Å². The molecule has 1 heterocycles. The van der Waals surface area contributed by atoms with Crippen LogP contribution < -0.4 is 9.62 Å². The van der Waals surface area contributed by atoms with Gasteiger partial charge in [-0.05, 0) is 49.2 Å². The Morgan fingerprint density at radius 2 is 1.88 bits per heavy atom. The molecule has 3 rings (SSSR count). The highest BCUT2D eigenvalue weighted by Crippen LogP contribution is 2.31. The predicted octanol–water partition coefficient (Wildman–Crippen LogP) is 2.93. The van der Waals surface area contributed by atoms with Crippen molar-refractivity contribution in [2.75, 3.05) is 21.9 Å². The number of nitrogens with one attached hydrogen (secondary N) is 1. The fourth-order valence-corrected chi connectivity index (χ4v) is 3.92. The number of carbonyl (C=O) groups excluding carboxylic acids is 1. The van der Waals surface area contributed by atoms with E-state index in [1.165, 1.54) is 16.4 Å². The summed E-state index contributed by atoms with van der Waals surface area (Å²) >= 11 is 0. The molecule has 0 aliphatic carbocycles. The number of sulfonamides is 1. The third-order valence-corrected chi connectivity index (χ3v) is 5.88. The number of para-hydroxylation sites is 1. The minimum atomic E-state index is -3.37. The number of carbonyl (C=O) groups is 1.